The van der Waals surface area contributed by atoms with E-state index in [-0.39, 0.29) is 18.8 Å². The molecule has 13 nitrogen and oxygen atoms in total. The van der Waals surface area contributed by atoms with Crippen molar-refractivity contribution in [3.05, 3.63) is 41.7 Å². The molecule has 0 aromatic carbocycles. The van der Waals surface area contributed by atoms with Crippen molar-refractivity contribution in [1.29, 1.82) is 0 Å². The molecule has 38 heavy (non-hydrogen) atoms. The van der Waals surface area contributed by atoms with Crippen molar-refractivity contribution in [2.45, 2.75) is 77.5 Å². The van der Waals surface area contributed by atoms with Crippen LogP contribution >= 0.6 is 0 Å². The lowest BCUT2D eigenvalue weighted by Gasteiger charge is -2.33. The number of amides is 2. The number of carbonyl (C=O) groups is 3. The van der Waals surface area contributed by atoms with E-state index in [1.165, 1.54) is 25.7 Å². The van der Waals surface area contributed by atoms with E-state index in [9.17, 15) is 14.4 Å². The van der Waals surface area contributed by atoms with E-state index in [0.29, 0.717) is 17.1 Å². The average Bonchev–Trinajstić information content (AvgIpc) is 3.33. The quantitative estimate of drug-likeness (QED) is 0.242. The lowest BCUT2D eigenvalue weighted by atomic mass is 10.0. The number of carbonyl (C=O) groups excluding carboxylic acids is 3. The summed E-state index contributed by atoms with van der Waals surface area (Å²) < 4.78 is 17.1. The van der Waals surface area contributed by atoms with Crippen LogP contribution in [0.5, 0.6) is 5.75 Å². The maximum atomic E-state index is 13.4. The summed E-state index contributed by atoms with van der Waals surface area (Å²) in [6, 6.07) is 0.946. The first-order valence-electron chi connectivity index (χ1n) is 12.1. The van der Waals surface area contributed by atoms with Gasteiger partial charge in [-0.15, -0.1) is 0 Å². The number of aromatic amines is 1. The van der Waals surface area contributed by atoms with Gasteiger partial charge in [0.2, 0.25) is 5.91 Å². The standard InChI is InChI=1S/C25H39N7O6/c1-24(2,3)37-20(18-12-29-13-30-18)19(23(35)38-25(4,5)6)32-22(34)17-9-15(36-7)8-14(31-17)10-28-11-16(26)21(27)33/h8-9,12-13,16,19-20,28H,10-11,26H2,1-7H3,(H2,27,33)(H,29,30)(H,32,34)/t16-,19-,20-/m0/s1. The Labute approximate surface area is 222 Å². The molecule has 0 saturated heterocycles. The monoisotopic (exact) mass is 533 g/mol. The molecule has 0 fully saturated rings. The molecule has 3 atom stereocenters. The molecule has 0 saturated carbocycles. The van der Waals surface area contributed by atoms with Crippen molar-refractivity contribution in [2.24, 2.45) is 11.5 Å². The maximum absolute atomic E-state index is 13.4. The van der Waals surface area contributed by atoms with Crippen LogP contribution in [0.4, 0.5) is 0 Å². The SMILES string of the molecule is COc1cc(CNC[C@H](N)C(N)=O)nc(C(=O)N[C@H](C(=O)OC(C)(C)C)[C@@H](OC(C)(C)C)c2cnc[nH]2)c1. The van der Waals surface area contributed by atoms with Gasteiger partial charge in [-0.2, -0.15) is 0 Å². The fraction of sp³-hybridized carbons (Fsp3) is 0.560. The molecule has 0 bridgehead atoms. The highest BCUT2D eigenvalue weighted by molar-refractivity contribution is 5.95. The molecule has 2 amide bonds. The van der Waals surface area contributed by atoms with Gasteiger partial charge in [0.25, 0.3) is 5.91 Å². The summed E-state index contributed by atoms with van der Waals surface area (Å²) in [5.41, 5.74) is 10.2. The predicted molar refractivity (Wildman–Crippen MR) is 139 cm³/mol. The number of nitrogens with zero attached hydrogens (tertiary/aromatic N) is 2. The third-order valence-corrected chi connectivity index (χ3v) is 4.91. The van der Waals surface area contributed by atoms with Crippen molar-refractivity contribution >= 4 is 17.8 Å². The number of methoxy groups -OCH3 is 1. The normalized spacial score (nSPS) is 14.3. The number of hydrogen-bond acceptors (Lipinski definition) is 10. The van der Waals surface area contributed by atoms with Gasteiger partial charge in [-0.1, -0.05) is 0 Å². The summed E-state index contributed by atoms with van der Waals surface area (Å²) in [4.78, 5) is 49.3. The second kappa shape index (κ2) is 12.8. The summed E-state index contributed by atoms with van der Waals surface area (Å²) in [6.07, 6.45) is 2.03. The summed E-state index contributed by atoms with van der Waals surface area (Å²) in [6.45, 7) is 11.0. The number of imidazole rings is 1. The minimum absolute atomic E-state index is 0.00646. The summed E-state index contributed by atoms with van der Waals surface area (Å²) in [5.74, 6) is -1.63. The Bertz CT molecular complexity index is 1090. The van der Waals surface area contributed by atoms with Crippen LogP contribution in [0.25, 0.3) is 0 Å². The lowest BCUT2D eigenvalue weighted by Crippen LogP contribution is -2.50. The van der Waals surface area contributed by atoms with E-state index in [1.54, 1.807) is 26.8 Å². The van der Waals surface area contributed by atoms with Gasteiger partial charge in [-0.3, -0.25) is 9.59 Å². The highest BCUT2D eigenvalue weighted by atomic mass is 16.6. The third kappa shape index (κ3) is 9.72. The first-order valence-corrected chi connectivity index (χ1v) is 12.1. The molecule has 2 aromatic rings. The van der Waals surface area contributed by atoms with Crippen LogP contribution in [-0.2, 0) is 25.6 Å². The molecule has 13 heteroatoms. The van der Waals surface area contributed by atoms with Gasteiger partial charge in [0, 0.05) is 25.2 Å². The van der Waals surface area contributed by atoms with E-state index < -0.39 is 47.2 Å². The Hall–Kier alpha value is -3.55. The molecule has 7 N–H and O–H groups in total. The topological polar surface area (TPSA) is 197 Å². The van der Waals surface area contributed by atoms with Crippen molar-refractivity contribution in [3.63, 3.8) is 0 Å². The second-order valence-electron chi connectivity index (χ2n) is 10.7. The van der Waals surface area contributed by atoms with E-state index >= 15 is 0 Å². The van der Waals surface area contributed by atoms with Gasteiger partial charge in [0.05, 0.1) is 42.7 Å². The van der Waals surface area contributed by atoms with Gasteiger partial charge < -0.3 is 41.3 Å². The predicted octanol–water partition coefficient (Wildman–Crippen LogP) is 0.712. The summed E-state index contributed by atoms with van der Waals surface area (Å²) >= 11 is 0. The largest absolute Gasteiger partial charge is 0.497 e. The number of esters is 1. The van der Waals surface area contributed by atoms with Crippen LogP contribution in [0.2, 0.25) is 0 Å². The minimum atomic E-state index is -1.25. The zero-order valence-corrected chi connectivity index (χ0v) is 23.0. The number of H-pyrrole nitrogens is 1. The fourth-order valence-electron chi connectivity index (χ4n) is 3.29. The first-order chi connectivity index (χ1) is 17.6. The number of pyridine rings is 1. The number of primary amides is 1. The van der Waals surface area contributed by atoms with Crippen LogP contribution in [0.3, 0.4) is 0 Å². The molecule has 2 heterocycles. The highest BCUT2D eigenvalue weighted by Gasteiger charge is 2.39. The van der Waals surface area contributed by atoms with Crippen LogP contribution < -0.4 is 26.8 Å². The molecule has 0 radical (unpaired) electrons. The van der Waals surface area contributed by atoms with E-state index in [4.69, 9.17) is 25.7 Å². The van der Waals surface area contributed by atoms with Gasteiger partial charge in [-0.05, 0) is 41.5 Å². The Morgan fingerprint density at radius 2 is 1.79 bits per heavy atom. The van der Waals surface area contributed by atoms with Gasteiger partial charge in [0.1, 0.15) is 23.1 Å². The first kappa shape index (κ1) is 30.7. The zero-order valence-electron chi connectivity index (χ0n) is 23.0. The van der Waals surface area contributed by atoms with E-state index in [1.807, 2.05) is 20.8 Å². The number of nitrogens with one attached hydrogen (secondary N) is 3. The number of nitrogens with two attached hydrogens (primary N) is 2. The number of hydrogen-bond donors (Lipinski definition) is 5. The average molecular weight is 534 g/mol. The number of aromatic nitrogens is 3. The minimum Gasteiger partial charge on any atom is -0.497 e. The molecule has 0 unspecified atom stereocenters. The van der Waals surface area contributed by atoms with Gasteiger partial charge in [0.15, 0.2) is 6.04 Å². The van der Waals surface area contributed by atoms with Gasteiger partial charge >= 0.3 is 5.97 Å². The van der Waals surface area contributed by atoms with Crippen LogP contribution in [0.15, 0.2) is 24.7 Å². The Balaban J connectivity index is 2.38. The fourth-order valence-corrected chi connectivity index (χ4v) is 3.29. The molecule has 0 spiro atoms. The zero-order chi connectivity index (χ0) is 28.7. The van der Waals surface area contributed by atoms with Crippen LogP contribution in [0.1, 0.15) is 69.5 Å². The van der Waals surface area contributed by atoms with Crippen molar-refractivity contribution in [3.8, 4) is 5.75 Å². The molecule has 0 aliphatic rings. The van der Waals surface area contributed by atoms with Crippen molar-refractivity contribution in [2.75, 3.05) is 13.7 Å². The summed E-state index contributed by atoms with van der Waals surface area (Å²) in [5, 5.41) is 5.70. The molecule has 2 rings (SSSR count). The third-order valence-electron chi connectivity index (χ3n) is 4.91. The number of ether oxygens (including phenoxy) is 3. The molecule has 0 aliphatic carbocycles. The molecule has 2 aromatic heterocycles. The smallest absolute Gasteiger partial charge is 0.332 e. The van der Waals surface area contributed by atoms with Crippen LogP contribution in [0, 0.1) is 0 Å². The summed E-state index contributed by atoms with van der Waals surface area (Å²) in [7, 11) is 1.45. The Morgan fingerprint density at radius 1 is 1.11 bits per heavy atom. The molecule has 210 valence electrons. The number of rotatable bonds is 12. The van der Waals surface area contributed by atoms with Crippen molar-refractivity contribution < 1.29 is 28.6 Å². The van der Waals surface area contributed by atoms with Gasteiger partial charge in [-0.25, -0.2) is 14.8 Å². The van der Waals surface area contributed by atoms with E-state index in [2.05, 4.69) is 25.6 Å². The van der Waals surface area contributed by atoms with Crippen LogP contribution in [-0.4, -0.2) is 69.7 Å². The lowest BCUT2D eigenvalue weighted by molar-refractivity contribution is -0.165. The van der Waals surface area contributed by atoms with E-state index in [0.717, 1.165) is 0 Å². The second-order valence-corrected chi connectivity index (χ2v) is 10.7. The highest BCUT2D eigenvalue weighted by Crippen LogP contribution is 2.28. The van der Waals surface area contributed by atoms with Crippen molar-refractivity contribution in [1.82, 2.24) is 25.6 Å². The molecule has 0 aliphatic heterocycles. The molecular weight excluding hydrogens is 494 g/mol. The Morgan fingerprint density at radius 3 is 2.32 bits per heavy atom. The maximum Gasteiger partial charge on any atom is 0.332 e. The molecular formula is C25H39N7O6. The Kier molecular flexibility index (Phi) is 10.3.